The maximum Gasteiger partial charge on any atom is 0.233 e. The number of aromatic nitrogens is 6. The molecule has 0 radical (unpaired) electrons. The van der Waals surface area contributed by atoms with Gasteiger partial charge in [0.05, 0.1) is 24.3 Å². The highest BCUT2D eigenvalue weighted by Gasteiger charge is 2.17. The molecule has 1 fully saturated rings. The summed E-state index contributed by atoms with van der Waals surface area (Å²) < 4.78 is 7.88. The van der Waals surface area contributed by atoms with Crippen molar-refractivity contribution in [3.8, 4) is 28.3 Å². The number of pyridine rings is 1. The van der Waals surface area contributed by atoms with Crippen LogP contribution in [0.1, 0.15) is 32.1 Å². The van der Waals surface area contributed by atoms with Crippen LogP contribution in [0.4, 0.5) is 0 Å². The van der Waals surface area contributed by atoms with Crippen molar-refractivity contribution in [2.24, 2.45) is 7.05 Å². The summed E-state index contributed by atoms with van der Waals surface area (Å²) in [6.45, 7) is 0. The van der Waals surface area contributed by atoms with Gasteiger partial charge in [0.15, 0.2) is 0 Å². The van der Waals surface area contributed by atoms with Crippen molar-refractivity contribution < 1.29 is 4.74 Å². The van der Waals surface area contributed by atoms with Crippen LogP contribution in [0.3, 0.4) is 0 Å². The number of rotatable bonds is 4. The van der Waals surface area contributed by atoms with Gasteiger partial charge >= 0.3 is 0 Å². The molecule has 1 saturated carbocycles. The monoisotopic (exact) mass is 374 g/mol. The van der Waals surface area contributed by atoms with Crippen molar-refractivity contribution in [2.45, 2.75) is 38.2 Å². The van der Waals surface area contributed by atoms with E-state index >= 15 is 0 Å². The molecule has 1 aliphatic carbocycles. The van der Waals surface area contributed by atoms with Gasteiger partial charge in [0.2, 0.25) is 5.88 Å². The van der Waals surface area contributed by atoms with E-state index in [1.54, 1.807) is 17.1 Å². The lowest BCUT2D eigenvalue weighted by Gasteiger charge is -2.22. The third-order valence-corrected chi connectivity index (χ3v) is 5.30. The van der Waals surface area contributed by atoms with Crippen LogP contribution in [0, 0.1) is 0 Å². The standard InChI is InChI=1S/C21H22N6O/c1-27-13-15(9-25-27)14-7-17-18(10-24-21(17)23-8-14)19-11-22-12-20(26-19)28-16-5-3-2-4-6-16/h7-13,16H,2-6H2,1H3,(H,23,24). The number of hydrogen-bond acceptors (Lipinski definition) is 5. The molecule has 4 heterocycles. The van der Waals surface area contributed by atoms with Gasteiger partial charge in [0.1, 0.15) is 11.8 Å². The molecule has 0 amide bonds. The van der Waals surface area contributed by atoms with E-state index in [1.165, 1.54) is 19.3 Å². The lowest BCUT2D eigenvalue weighted by atomic mass is 9.98. The zero-order valence-corrected chi connectivity index (χ0v) is 15.8. The third kappa shape index (κ3) is 3.24. The number of H-pyrrole nitrogens is 1. The number of nitrogens with zero attached hydrogens (tertiary/aromatic N) is 5. The topological polar surface area (TPSA) is 81.5 Å². The Balaban J connectivity index is 1.49. The molecule has 142 valence electrons. The van der Waals surface area contributed by atoms with E-state index in [4.69, 9.17) is 9.72 Å². The number of aryl methyl sites for hydroxylation is 1. The number of aromatic amines is 1. The molecule has 4 aromatic heterocycles. The second kappa shape index (κ2) is 7.07. The van der Waals surface area contributed by atoms with Gasteiger partial charge in [-0.2, -0.15) is 5.10 Å². The Morgan fingerprint density at radius 3 is 2.79 bits per heavy atom. The Kier molecular flexibility index (Phi) is 4.27. The van der Waals surface area contributed by atoms with Crippen LogP contribution >= 0.6 is 0 Å². The van der Waals surface area contributed by atoms with Crippen LogP contribution in [-0.2, 0) is 7.05 Å². The summed E-state index contributed by atoms with van der Waals surface area (Å²) in [5.41, 5.74) is 4.62. The third-order valence-electron chi connectivity index (χ3n) is 5.30. The van der Waals surface area contributed by atoms with Gasteiger partial charge in [-0.25, -0.2) is 9.97 Å². The summed E-state index contributed by atoms with van der Waals surface area (Å²) >= 11 is 0. The lowest BCUT2D eigenvalue weighted by molar-refractivity contribution is 0.148. The summed E-state index contributed by atoms with van der Waals surface area (Å²) in [7, 11) is 1.91. The normalized spacial score (nSPS) is 15.2. The SMILES string of the molecule is Cn1cc(-c2cnc3[nH]cc(-c4cncc(OC5CCCCC5)n4)c3c2)cn1. The van der Waals surface area contributed by atoms with Gasteiger partial charge in [0, 0.05) is 47.7 Å². The zero-order valence-electron chi connectivity index (χ0n) is 15.8. The van der Waals surface area contributed by atoms with Crippen LogP contribution in [0.15, 0.2) is 43.2 Å². The Morgan fingerprint density at radius 2 is 1.96 bits per heavy atom. The van der Waals surface area contributed by atoms with E-state index in [-0.39, 0.29) is 6.10 Å². The smallest absolute Gasteiger partial charge is 0.233 e. The van der Waals surface area contributed by atoms with E-state index in [1.807, 2.05) is 31.8 Å². The minimum Gasteiger partial charge on any atom is -0.473 e. The molecule has 7 nitrogen and oxygen atoms in total. The molecule has 1 N–H and O–H groups in total. The average Bonchev–Trinajstić information content (AvgIpc) is 3.35. The highest BCUT2D eigenvalue weighted by molar-refractivity contribution is 5.94. The summed E-state index contributed by atoms with van der Waals surface area (Å²) in [5.74, 6) is 0.593. The predicted molar refractivity (Wildman–Crippen MR) is 107 cm³/mol. The fourth-order valence-corrected chi connectivity index (χ4v) is 3.83. The highest BCUT2D eigenvalue weighted by Crippen LogP contribution is 2.31. The predicted octanol–water partition coefficient (Wildman–Crippen LogP) is 4.13. The molecule has 0 atom stereocenters. The lowest BCUT2D eigenvalue weighted by Crippen LogP contribution is -2.20. The molecule has 0 unspecified atom stereocenters. The first-order chi connectivity index (χ1) is 13.8. The molecular formula is C21H22N6O. The van der Waals surface area contributed by atoms with Gasteiger partial charge < -0.3 is 9.72 Å². The van der Waals surface area contributed by atoms with Crippen molar-refractivity contribution in [1.29, 1.82) is 0 Å². The Bertz CT molecular complexity index is 1110. The molecule has 0 aromatic carbocycles. The first-order valence-corrected chi connectivity index (χ1v) is 9.71. The van der Waals surface area contributed by atoms with Crippen LogP contribution in [0.2, 0.25) is 0 Å². The first kappa shape index (κ1) is 16.9. The van der Waals surface area contributed by atoms with E-state index in [0.29, 0.717) is 5.88 Å². The Hall–Kier alpha value is -3.22. The fraction of sp³-hybridized carbons (Fsp3) is 0.333. The van der Waals surface area contributed by atoms with Crippen LogP contribution in [0.5, 0.6) is 5.88 Å². The molecule has 0 spiro atoms. The maximum absolute atomic E-state index is 6.09. The number of hydrogen-bond donors (Lipinski definition) is 1. The second-order valence-corrected chi connectivity index (χ2v) is 7.35. The Labute approximate surface area is 162 Å². The Morgan fingerprint density at radius 1 is 1.07 bits per heavy atom. The molecule has 0 bridgehead atoms. The zero-order chi connectivity index (χ0) is 18.9. The number of nitrogens with one attached hydrogen (secondary N) is 1. The van der Waals surface area contributed by atoms with Crippen molar-refractivity contribution in [3.63, 3.8) is 0 Å². The van der Waals surface area contributed by atoms with Gasteiger partial charge in [-0.1, -0.05) is 6.42 Å². The molecule has 1 aliphatic rings. The molecule has 0 saturated heterocycles. The van der Waals surface area contributed by atoms with Gasteiger partial charge in [-0.3, -0.25) is 9.67 Å². The number of ether oxygens (including phenoxy) is 1. The van der Waals surface area contributed by atoms with Crippen molar-refractivity contribution in [1.82, 2.24) is 29.7 Å². The van der Waals surface area contributed by atoms with Crippen molar-refractivity contribution in [2.75, 3.05) is 0 Å². The maximum atomic E-state index is 6.09. The molecule has 28 heavy (non-hydrogen) atoms. The quantitative estimate of drug-likeness (QED) is 0.581. The van der Waals surface area contributed by atoms with Crippen LogP contribution in [-0.4, -0.2) is 35.8 Å². The average molecular weight is 374 g/mol. The van der Waals surface area contributed by atoms with Gasteiger partial charge in [-0.15, -0.1) is 0 Å². The summed E-state index contributed by atoms with van der Waals surface area (Å²) in [4.78, 5) is 16.9. The molecule has 0 aliphatic heterocycles. The molecule has 7 heteroatoms. The van der Waals surface area contributed by atoms with Gasteiger partial charge in [-0.05, 0) is 31.7 Å². The van der Waals surface area contributed by atoms with E-state index < -0.39 is 0 Å². The van der Waals surface area contributed by atoms with Crippen molar-refractivity contribution in [3.05, 3.63) is 43.2 Å². The van der Waals surface area contributed by atoms with E-state index in [0.717, 1.165) is 46.3 Å². The summed E-state index contributed by atoms with van der Waals surface area (Å²) in [6.07, 6.45) is 17.3. The van der Waals surface area contributed by atoms with Crippen LogP contribution < -0.4 is 4.74 Å². The molecular weight excluding hydrogens is 352 g/mol. The molecule has 5 rings (SSSR count). The summed E-state index contributed by atoms with van der Waals surface area (Å²) in [5, 5.41) is 5.26. The van der Waals surface area contributed by atoms with Crippen LogP contribution in [0.25, 0.3) is 33.4 Å². The van der Waals surface area contributed by atoms with Gasteiger partial charge in [0.25, 0.3) is 0 Å². The molecule has 4 aromatic rings. The summed E-state index contributed by atoms with van der Waals surface area (Å²) in [6, 6.07) is 2.11. The minimum atomic E-state index is 0.250. The van der Waals surface area contributed by atoms with Crippen molar-refractivity contribution >= 4 is 11.0 Å². The first-order valence-electron chi connectivity index (χ1n) is 9.71. The minimum absolute atomic E-state index is 0.250. The largest absolute Gasteiger partial charge is 0.473 e. The van der Waals surface area contributed by atoms with E-state index in [2.05, 4.69) is 26.1 Å². The second-order valence-electron chi connectivity index (χ2n) is 7.35. The fourth-order valence-electron chi connectivity index (χ4n) is 3.83. The highest BCUT2D eigenvalue weighted by atomic mass is 16.5. The van der Waals surface area contributed by atoms with E-state index in [9.17, 15) is 0 Å². The number of fused-ring (bicyclic) bond motifs is 1.